The van der Waals surface area contributed by atoms with E-state index >= 15 is 0 Å². The zero-order chi connectivity index (χ0) is 13.8. The molecule has 1 saturated carbocycles. The Morgan fingerprint density at radius 3 is 2.39 bits per heavy atom. The summed E-state index contributed by atoms with van der Waals surface area (Å²) in [6, 6.07) is 0. The Bertz CT molecular complexity index is 287. The monoisotopic (exact) mass is 268 g/mol. The van der Waals surface area contributed by atoms with Crippen LogP contribution in [0, 0.1) is 11.8 Å². The molecule has 1 fully saturated rings. The van der Waals surface area contributed by atoms with E-state index < -0.39 is 24.5 Å². The Balaban J connectivity index is 2.48. The minimum atomic E-state index is -4.56. The van der Waals surface area contributed by atoms with Crippen molar-refractivity contribution in [3.05, 3.63) is 0 Å². The molecule has 1 atom stereocenters. The van der Waals surface area contributed by atoms with E-state index in [1.807, 2.05) is 0 Å². The molecular formula is C11H19F3N2O2. The number of nitrogens with zero attached hydrogens (tertiary/aromatic N) is 1. The highest BCUT2D eigenvalue weighted by atomic mass is 19.4. The van der Waals surface area contributed by atoms with Gasteiger partial charge in [-0.1, -0.05) is 12.1 Å². The Morgan fingerprint density at radius 1 is 1.39 bits per heavy atom. The van der Waals surface area contributed by atoms with Gasteiger partial charge in [-0.05, 0) is 31.6 Å². The maximum Gasteiger partial charge on any atom is 0.401 e. The van der Waals surface area contributed by atoms with Gasteiger partial charge in [0.05, 0.1) is 12.7 Å². The van der Waals surface area contributed by atoms with Crippen molar-refractivity contribution in [3.8, 4) is 0 Å². The van der Waals surface area contributed by atoms with Crippen molar-refractivity contribution in [2.24, 2.45) is 22.7 Å². The highest BCUT2D eigenvalue weighted by Crippen LogP contribution is 2.30. The molecule has 0 aromatic rings. The molecule has 1 aliphatic carbocycles. The molecule has 1 rings (SSSR count). The maximum absolute atomic E-state index is 12.6. The van der Waals surface area contributed by atoms with Crippen LogP contribution >= 0.6 is 0 Å². The average Bonchev–Trinajstić information content (AvgIpc) is 2.29. The number of nitrogens with two attached hydrogens (primary N) is 1. The maximum atomic E-state index is 12.6. The van der Waals surface area contributed by atoms with Crippen LogP contribution in [0.15, 0.2) is 5.16 Å². The van der Waals surface area contributed by atoms with Crippen LogP contribution in [-0.4, -0.2) is 29.9 Å². The van der Waals surface area contributed by atoms with Crippen molar-refractivity contribution in [1.29, 1.82) is 0 Å². The fourth-order valence-corrected chi connectivity index (χ4v) is 2.05. The van der Waals surface area contributed by atoms with Crippen LogP contribution in [0.2, 0.25) is 0 Å². The van der Waals surface area contributed by atoms with Gasteiger partial charge in [-0.3, -0.25) is 0 Å². The largest absolute Gasteiger partial charge is 0.409 e. The fraction of sp³-hybridized carbons (Fsp3) is 0.909. The molecule has 0 aromatic carbocycles. The highest BCUT2D eigenvalue weighted by Gasteiger charge is 2.43. The SMILES string of the molecule is CC1CCC(OCC(C(N)=NO)C(F)(F)F)CC1. The Morgan fingerprint density at radius 2 is 1.94 bits per heavy atom. The predicted octanol–water partition coefficient (Wildman–Crippen LogP) is 2.51. The lowest BCUT2D eigenvalue weighted by Gasteiger charge is -2.28. The van der Waals surface area contributed by atoms with E-state index in [0.29, 0.717) is 5.92 Å². The van der Waals surface area contributed by atoms with Crippen LogP contribution in [0.3, 0.4) is 0 Å². The first-order valence-electron chi connectivity index (χ1n) is 6.00. The zero-order valence-corrected chi connectivity index (χ0v) is 10.3. The van der Waals surface area contributed by atoms with Crippen LogP contribution < -0.4 is 5.73 Å². The summed E-state index contributed by atoms with van der Waals surface area (Å²) in [4.78, 5) is 0. The number of rotatable bonds is 4. The second-order valence-corrected chi connectivity index (χ2v) is 4.83. The van der Waals surface area contributed by atoms with Gasteiger partial charge in [0.1, 0.15) is 5.92 Å². The Labute approximate surface area is 104 Å². The third kappa shape index (κ3) is 4.36. The number of hydrogen-bond donors (Lipinski definition) is 2. The lowest BCUT2D eigenvalue weighted by Crippen LogP contribution is -2.40. The van der Waals surface area contributed by atoms with Gasteiger partial charge in [-0.2, -0.15) is 13.2 Å². The van der Waals surface area contributed by atoms with Crippen molar-refractivity contribution in [2.45, 2.75) is 44.9 Å². The van der Waals surface area contributed by atoms with E-state index in [0.717, 1.165) is 25.7 Å². The number of ether oxygens (including phenoxy) is 1. The first-order valence-corrected chi connectivity index (χ1v) is 6.00. The third-order valence-corrected chi connectivity index (χ3v) is 3.33. The zero-order valence-electron chi connectivity index (χ0n) is 10.3. The first-order chi connectivity index (χ1) is 8.34. The number of amidine groups is 1. The van der Waals surface area contributed by atoms with Crippen molar-refractivity contribution < 1.29 is 23.1 Å². The summed E-state index contributed by atoms with van der Waals surface area (Å²) in [6.45, 7) is 1.53. The van der Waals surface area contributed by atoms with E-state index in [9.17, 15) is 13.2 Å². The minimum Gasteiger partial charge on any atom is -0.409 e. The van der Waals surface area contributed by atoms with Crippen LogP contribution in [0.4, 0.5) is 13.2 Å². The van der Waals surface area contributed by atoms with E-state index in [-0.39, 0.29) is 6.10 Å². The molecule has 1 unspecified atom stereocenters. The van der Waals surface area contributed by atoms with Crippen LogP contribution in [-0.2, 0) is 4.74 Å². The summed E-state index contributed by atoms with van der Waals surface area (Å²) in [7, 11) is 0. The Hall–Kier alpha value is -0.980. The van der Waals surface area contributed by atoms with E-state index in [4.69, 9.17) is 15.7 Å². The molecule has 7 heteroatoms. The molecule has 0 amide bonds. The van der Waals surface area contributed by atoms with Crippen molar-refractivity contribution >= 4 is 5.84 Å². The second kappa shape index (κ2) is 6.26. The van der Waals surface area contributed by atoms with Gasteiger partial charge < -0.3 is 15.7 Å². The molecule has 0 bridgehead atoms. The normalized spacial score (nSPS) is 28.1. The summed E-state index contributed by atoms with van der Waals surface area (Å²) in [5, 5.41) is 10.8. The fourth-order valence-electron chi connectivity index (χ4n) is 2.05. The number of hydrogen-bond acceptors (Lipinski definition) is 3. The van der Waals surface area contributed by atoms with Gasteiger partial charge in [-0.25, -0.2) is 0 Å². The lowest BCUT2D eigenvalue weighted by atomic mass is 9.89. The van der Waals surface area contributed by atoms with Gasteiger partial charge in [0.2, 0.25) is 0 Å². The van der Waals surface area contributed by atoms with Gasteiger partial charge in [0.15, 0.2) is 5.84 Å². The Kier molecular flexibility index (Phi) is 5.25. The second-order valence-electron chi connectivity index (χ2n) is 4.83. The summed E-state index contributed by atoms with van der Waals surface area (Å²) in [6.07, 6.45) is -1.25. The molecule has 0 saturated heterocycles. The van der Waals surface area contributed by atoms with Crippen LogP contribution in [0.5, 0.6) is 0 Å². The summed E-state index contributed by atoms with van der Waals surface area (Å²) in [5.41, 5.74) is 5.04. The molecule has 1 aliphatic rings. The van der Waals surface area contributed by atoms with E-state index in [1.54, 1.807) is 0 Å². The molecule has 0 spiro atoms. The minimum absolute atomic E-state index is 0.155. The number of alkyl halides is 3. The number of halogens is 3. The molecule has 18 heavy (non-hydrogen) atoms. The molecule has 0 heterocycles. The summed E-state index contributed by atoms with van der Waals surface area (Å²) >= 11 is 0. The van der Waals surface area contributed by atoms with Crippen molar-refractivity contribution in [1.82, 2.24) is 0 Å². The van der Waals surface area contributed by atoms with E-state index in [2.05, 4.69) is 12.1 Å². The first kappa shape index (κ1) is 15.1. The molecule has 3 N–H and O–H groups in total. The quantitative estimate of drug-likeness (QED) is 0.356. The van der Waals surface area contributed by atoms with E-state index in [1.165, 1.54) is 0 Å². The van der Waals surface area contributed by atoms with Gasteiger partial charge >= 0.3 is 6.18 Å². The molecule has 0 radical (unpaired) electrons. The molecular weight excluding hydrogens is 249 g/mol. The van der Waals surface area contributed by atoms with Crippen molar-refractivity contribution in [2.75, 3.05) is 6.61 Å². The molecule has 106 valence electrons. The van der Waals surface area contributed by atoms with Gasteiger partial charge in [-0.15, -0.1) is 0 Å². The van der Waals surface area contributed by atoms with Gasteiger partial charge in [0, 0.05) is 0 Å². The molecule has 4 nitrogen and oxygen atoms in total. The smallest absolute Gasteiger partial charge is 0.401 e. The topological polar surface area (TPSA) is 67.8 Å². The van der Waals surface area contributed by atoms with Crippen molar-refractivity contribution in [3.63, 3.8) is 0 Å². The average molecular weight is 268 g/mol. The summed E-state index contributed by atoms with van der Waals surface area (Å²) in [5.74, 6) is -2.29. The van der Waals surface area contributed by atoms with Crippen LogP contribution in [0.25, 0.3) is 0 Å². The summed E-state index contributed by atoms with van der Waals surface area (Å²) < 4.78 is 43.1. The van der Waals surface area contributed by atoms with Gasteiger partial charge in [0.25, 0.3) is 0 Å². The molecule has 0 aliphatic heterocycles. The third-order valence-electron chi connectivity index (χ3n) is 3.33. The standard InChI is InChI=1S/C11H19F3N2O2/c1-7-2-4-8(5-3-7)18-6-9(10(15)16-17)11(12,13)14/h7-9,17H,2-6H2,1H3,(H2,15,16). The number of oxime groups is 1. The predicted molar refractivity (Wildman–Crippen MR) is 60.3 cm³/mol. The lowest BCUT2D eigenvalue weighted by molar-refractivity contribution is -0.174. The van der Waals surface area contributed by atoms with Crippen LogP contribution in [0.1, 0.15) is 32.6 Å². The molecule has 0 aromatic heterocycles. The highest BCUT2D eigenvalue weighted by molar-refractivity contribution is 5.83.